The highest BCUT2D eigenvalue weighted by Crippen LogP contribution is 2.36. The Bertz CT molecular complexity index is 1420. The first kappa shape index (κ1) is 17.4. The van der Waals surface area contributed by atoms with E-state index in [2.05, 4.69) is 89.5 Å². The van der Waals surface area contributed by atoms with Crippen molar-refractivity contribution >= 4 is 43.5 Å². The van der Waals surface area contributed by atoms with Crippen LogP contribution in [0.2, 0.25) is 0 Å². The molecule has 0 saturated carbocycles. The molecule has 0 atom stereocenters. The largest absolute Gasteiger partial charge is 0.309 e. The van der Waals surface area contributed by atoms with Crippen molar-refractivity contribution in [1.82, 2.24) is 9.55 Å². The van der Waals surface area contributed by atoms with E-state index in [1.54, 1.807) is 0 Å². The molecule has 2 aromatic heterocycles. The summed E-state index contributed by atoms with van der Waals surface area (Å²) in [6.45, 7) is 4.00. The molecule has 6 aromatic rings. The molecule has 29 heavy (non-hydrogen) atoms. The summed E-state index contributed by atoms with van der Waals surface area (Å²) < 4.78 is 2.38. The van der Waals surface area contributed by atoms with Crippen LogP contribution < -0.4 is 0 Å². The summed E-state index contributed by atoms with van der Waals surface area (Å²) in [6.07, 6.45) is 1.88. The van der Waals surface area contributed by atoms with Gasteiger partial charge in [0.15, 0.2) is 0 Å². The highest BCUT2D eigenvalue weighted by molar-refractivity contribution is 6.13. The Morgan fingerprint density at radius 3 is 1.83 bits per heavy atom. The summed E-state index contributed by atoms with van der Waals surface area (Å²) in [5, 5.41) is 6.12. The minimum atomic E-state index is 1.05. The van der Waals surface area contributed by atoms with Crippen LogP contribution in [0.1, 0.15) is 13.8 Å². The lowest BCUT2D eigenvalue weighted by Crippen LogP contribution is -1.96. The SMILES string of the molecule is CC.c1ccc2c(c1)cc(-n1c3ccccc3c3ccccc31)c1cccnc12. The van der Waals surface area contributed by atoms with Gasteiger partial charge in [0.2, 0.25) is 0 Å². The fraction of sp³-hybridized carbons (Fsp3) is 0.0741. The lowest BCUT2D eigenvalue weighted by molar-refractivity contribution is 1.20. The Labute approximate surface area is 170 Å². The van der Waals surface area contributed by atoms with Gasteiger partial charge in [-0.05, 0) is 35.7 Å². The maximum absolute atomic E-state index is 4.73. The first-order chi connectivity index (χ1) is 14.4. The topological polar surface area (TPSA) is 17.8 Å². The predicted octanol–water partition coefficient (Wildman–Crippen LogP) is 7.51. The van der Waals surface area contributed by atoms with Crippen molar-refractivity contribution in [2.24, 2.45) is 0 Å². The Hall–Kier alpha value is -3.65. The normalized spacial score (nSPS) is 11.1. The van der Waals surface area contributed by atoms with Crippen LogP contribution in [0, 0.1) is 0 Å². The van der Waals surface area contributed by atoms with Crippen LogP contribution in [-0.2, 0) is 0 Å². The molecule has 0 fully saturated rings. The zero-order valence-corrected chi connectivity index (χ0v) is 16.6. The van der Waals surface area contributed by atoms with Gasteiger partial charge in [-0.25, -0.2) is 0 Å². The van der Waals surface area contributed by atoms with E-state index < -0.39 is 0 Å². The van der Waals surface area contributed by atoms with Crippen molar-refractivity contribution in [2.45, 2.75) is 13.8 Å². The second kappa shape index (κ2) is 7.06. The van der Waals surface area contributed by atoms with Crippen LogP contribution in [0.5, 0.6) is 0 Å². The van der Waals surface area contributed by atoms with Crippen molar-refractivity contribution < 1.29 is 0 Å². The first-order valence-electron chi connectivity index (χ1n) is 10.2. The van der Waals surface area contributed by atoms with Crippen molar-refractivity contribution in [1.29, 1.82) is 0 Å². The predicted molar refractivity (Wildman–Crippen MR) is 125 cm³/mol. The Kier molecular flexibility index (Phi) is 4.25. The van der Waals surface area contributed by atoms with E-state index in [1.807, 2.05) is 26.1 Å². The molecule has 0 aliphatic rings. The van der Waals surface area contributed by atoms with Crippen molar-refractivity contribution in [2.75, 3.05) is 0 Å². The lowest BCUT2D eigenvalue weighted by Gasteiger charge is -2.13. The van der Waals surface area contributed by atoms with Crippen molar-refractivity contribution in [3.8, 4) is 5.69 Å². The highest BCUT2D eigenvalue weighted by Gasteiger charge is 2.15. The second-order valence-corrected chi connectivity index (χ2v) is 6.89. The highest BCUT2D eigenvalue weighted by atomic mass is 15.0. The number of hydrogen-bond donors (Lipinski definition) is 0. The molecule has 2 heteroatoms. The first-order valence-corrected chi connectivity index (χ1v) is 10.2. The van der Waals surface area contributed by atoms with Gasteiger partial charge in [-0.3, -0.25) is 4.98 Å². The van der Waals surface area contributed by atoms with Crippen LogP contribution in [0.25, 0.3) is 49.2 Å². The molecule has 0 unspecified atom stereocenters. The number of benzene rings is 4. The number of hydrogen-bond acceptors (Lipinski definition) is 1. The zero-order valence-electron chi connectivity index (χ0n) is 16.6. The van der Waals surface area contributed by atoms with Crippen molar-refractivity contribution in [3.05, 3.63) is 97.2 Å². The molecule has 0 bridgehead atoms. The van der Waals surface area contributed by atoms with Gasteiger partial charge >= 0.3 is 0 Å². The molecule has 0 amide bonds. The molecule has 2 heterocycles. The van der Waals surface area contributed by atoms with Crippen LogP contribution in [0.15, 0.2) is 97.2 Å². The fourth-order valence-corrected chi connectivity index (χ4v) is 4.26. The molecule has 140 valence electrons. The fourth-order valence-electron chi connectivity index (χ4n) is 4.26. The number of fused-ring (bicyclic) bond motifs is 6. The minimum Gasteiger partial charge on any atom is -0.309 e. The van der Waals surface area contributed by atoms with Crippen LogP contribution in [0.3, 0.4) is 0 Å². The van der Waals surface area contributed by atoms with Gasteiger partial charge in [-0.2, -0.15) is 0 Å². The summed E-state index contributed by atoms with van der Waals surface area (Å²) >= 11 is 0. The van der Waals surface area contributed by atoms with Gasteiger partial charge in [0, 0.05) is 27.7 Å². The van der Waals surface area contributed by atoms with E-state index >= 15 is 0 Å². The Morgan fingerprint density at radius 1 is 0.586 bits per heavy atom. The zero-order chi connectivity index (χ0) is 19.8. The maximum Gasteiger partial charge on any atom is 0.0801 e. The Balaban J connectivity index is 0.000000882. The molecule has 2 nitrogen and oxygen atoms in total. The van der Waals surface area contributed by atoms with Crippen LogP contribution >= 0.6 is 0 Å². The molecule has 0 saturated heterocycles. The average molecular weight is 374 g/mol. The summed E-state index contributed by atoms with van der Waals surface area (Å²) in [6, 6.07) is 32.2. The van der Waals surface area contributed by atoms with Gasteiger partial charge in [0.25, 0.3) is 0 Å². The van der Waals surface area contributed by atoms with Crippen LogP contribution in [0.4, 0.5) is 0 Å². The molecule has 4 aromatic carbocycles. The summed E-state index contributed by atoms with van der Waals surface area (Å²) in [5.74, 6) is 0. The maximum atomic E-state index is 4.73. The molecule has 6 rings (SSSR count). The average Bonchev–Trinajstić information content (AvgIpc) is 3.14. The van der Waals surface area contributed by atoms with E-state index in [0.29, 0.717) is 0 Å². The van der Waals surface area contributed by atoms with Gasteiger partial charge < -0.3 is 4.57 Å². The second-order valence-electron chi connectivity index (χ2n) is 6.89. The lowest BCUT2D eigenvalue weighted by atomic mass is 10.0. The minimum absolute atomic E-state index is 1.05. The van der Waals surface area contributed by atoms with E-state index in [0.717, 1.165) is 5.52 Å². The van der Waals surface area contributed by atoms with E-state index in [9.17, 15) is 0 Å². The molecular weight excluding hydrogens is 352 g/mol. The summed E-state index contributed by atoms with van der Waals surface area (Å²) in [5.41, 5.74) is 4.67. The third-order valence-corrected chi connectivity index (χ3v) is 5.41. The van der Waals surface area contributed by atoms with E-state index in [4.69, 9.17) is 4.98 Å². The molecule has 0 spiro atoms. The monoisotopic (exact) mass is 374 g/mol. The standard InChI is InChI=1S/C25H16N2.C2H6/c1-2-9-18-17(8-1)16-24(21-12-7-15-26-25(18)21)27-22-13-5-3-10-19(22)20-11-4-6-14-23(20)27;1-2/h1-16H;1-2H3. The third kappa shape index (κ3) is 2.60. The molecule has 0 N–H and O–H groups in total. The molecule has 0 aliphatic heterocycles. The van der Waals surface area contributed by atoms with E-state index in [-0.39, 0.29) is 0 Å². The quantitative estimate of drug-likeness (QED) is 0.272. The number of rotatable bonds is 1. The number of pyridine rings is 1. The van der Waals surface area contributed by atoms with Gasteiger partial charge in [-0.1, -0.05) is 74.5 Å². The third-order valence-electron chi connectivity index (χ3n) is 5.41. The molecule has 0 aliphatic carbocycles. The summed E-state index contributed by atoms with van der Waals surface area (Å²) in [4.78, 5) is 4.73. The van der Waals surface area contributed by atoms with Crippen LogP contribution in [-0.4, -0.2) is 9.55 Å². The number of nitrogens with zero attached hydrogens (tertiary/aromatic N) is 2. The molecule has 0 radical (unpaired) electrons. The number of para-hydroxylation sites is 2. The van der Waals surface area contributed by atoms with E-state index in [1.165, 1.54) is 43.7 Å². The van der Waals surface area contributed by atoms with Gasteiger partial charge in [-0.15, -0.1) is 0 Å². The van der Waals surface area contributed by atoms with Gasteiger partial charge in [0.05, 0.1) is 22.2 Å². The Morgan fingerprint density at radius 2 is 1.14 bits per heavy atom. The summed E-state index contributed by atoms with van der Waals surface area (Å²) in [7, 11) is 0. The number of aromatic nitrogens is 2. The van der Waals surface area contributed by atoms with Gasteiger partial charge in [0.1, 0.15) is 0 Å². The molecular formula is C27H22N2. The van der Waals surface area contributed by atoms with Crippen molar-refractivity contribution in [3.63, 3.8) is 0 Å². The smallest absolute Gasteiger partial charge is 0.0801 e.